The van der Waals surface area contributed by atoms with Gasteiger partial charge in [0.2, 0.25) is 0 Å². The molecule has 3 heterocycles. The van der Waals surface area contributed by atoms with Gasteiger partial charge in [0.1, 0.15) is 0 Å². The molecule has 6 aromatic rings. The summed E-state index contributed by atoms with van der Waals surface area (Å²) in [5.41, 5.74) is 6.17. The van der Waals surface area contributed by atoms with Gasteiger partial charge < -0.3 is 14.7 Å². The van der Waals surface area contributed by atoms with Crippen molar-refractivity contribution < 1.29 is 9.53 Å². The molecule has 0 bridgehead atoms. The van der Waals surface area contributed by atoms with Crippen molar-refractivity contribution in [2.24, 2.45) is 0 Å². The second-order valence-corrected chi connectivity index (χ2v) is 8.65. The van der Waals surface area contributed by atoms with Gasteiger partial charge in [-0.3, -0.25) is 0 Å². The predicted octanol–water partition coefficient (Wildman–Crippen LogP) is 6.78. The smallest absolute Gasteiger partial charge is 0.340 e. The van der Waals surface area contributed by atoms with Crippen LogP contribution in [0.3, 0.4) is 0 Å². The molecule has 2 aromatic heterocycles. The van der Waals surface area contributed by atoms with Gasteiger partial charge in [0.15, 0.2) is 5.60 Å². The highest BCUT2D eigenvalue weighted by Gasteiger charge is 2.52. The Bertz CT molecular complexity index is 1710. The number of benzene rings is 4. The van der Waals surface area contributed by atoms with Gasteiger partial charge in [-0.25, -0.2) is 4.79 Å². The molecule has 0 fully saturated rings. The van der Waals surface area contributed by atoms with Gasteiger partial charge in [0.05, 0.1) is 11.3 Å². The fourth-order valence-electron chi connectivity index (χ4n) is 5.43. The maximum atomic E-state index is 13.3. The second kappa shape index (κ2) is 6.96. The quantitative estimate of drug-likeness (QED) is 0.298. The fraction of sp³-hybridized carbons (Fsp3) is 0.0333. The average molecular weight is 441 g/mol. The molecule has 0 saturated carbocycles. The Morgan fingerprint density at radius 2 is 1.32 bits per heavy atom. The molecule has 7 rings (SSSR count). The number of rotatable bonds is 3. The van der Waals surface area contributed by atoms with Crippen molar-refractivity contribution in [1.29, 1.82) is 0 Å². The second-order valence-electron chi connectivity index (χ2n) is 8.65. The summed E-state index contributed by atoms with van der Waals surface area (Å²) in [7, 11) is 0. The zero-order chi connectivity index (χ0) is 22.7. The van der Waals surface area contributed by atoms with Crippen molar-refractivity contribution in [1.82, 2.24) is 9.97 Å². The van der Waals surface area contributed by atoms with Crippen LogP contribution in [-0.4, -0.2) is 15.9 Å². The molecule has 0 amide bonds. The molecule has 4 nitrogen and oxygen atoms in total. The van der Waals surface area contributed by atoms with Crippen molar-refractivity contribution in [2.75, 3.05) is 0 Å². The molecule has 0 aliphatic carbocycles. The van der Waals surface area contributed by atoms with Gasteiger partial charge in [-0.05, 0) is 23.8 Å². The molecule has 162 valence electrons. The first-order chi connectivity index (χ1) is 16.8. The first kappa shape index (κ1) is 18.9. The summed E-state index contributed by atoms with van der Waals surface area (Å²) >= 11 is 0. The van der Waals surface area contributed by atoms with Crippen LogP contribution in [0, 0.1) is 0 Å². The van der Waals surface area contributed by atoms with E-state index < -0.39 is 5.60 Å². The summed E-state index contributed by atoms with van der Waals surface area (Å²) in [6.07, 6.45) is 1.98. The third-order valence-electron chi connectivity index (χ3n) is 6.86. The number of esters is 1. The number of hydrogen-bond acceptors (Lipinski definition) is 2. The molecule has 4 aromatic carbocycles. The molecular weight excluding hydrogens is 420 g/mol. The lowest BCUT2D eigenvalue weighted by atomic mass is 9.77. The number of nitrogens with one attached hydrogen (secondary N) is 2. The van der Waals surface area contributed by atoms with Crippen LogP contribution < -0.4 is 0 Å². The first-order valence-electron chi connectivity index (χ1n) is 11.3. The number of fused-ring (bicyclic) bond motifs is 3. The highest BCUT2D eigenvalue weighted by Crippen LogP contribution is 2.53. The molecule has 0 radical (unpaired) electrons. The summed E-state index contributed by atoms with van der Waals surface area (Å²) in [6, 6.07) is 34.3. The Morgan fingerprint density at radius 1 is 0.647 bits per heavy atom. The minimum Gasteiger partial charge on any atom is -0.440 e. The van der Waals surface area contributed by atoms with Crippen LogP contribution in [0.1, 0.15) is 27.0 Å². The van der Waals surface area contributed by atoms with E-state index in [9.17, 15) is 4.79 Å². The number of cyclic esters (lactones) is 1. The van der Waals surface area contributed by atoms with E-state index in [1.807, 2.05) is 79.0 Å². The van der Waals surface area contributed by atoms with Crippen molar-refractivity contribution >= 4 is 27.8 Å². The molecule has 2 N–H and O–H groups in total. The molecule has 1 unspecified atom stereocenters. The number of ether oxygens (including phenoxy) is 1. The highest BCUT2D eigenvalue weighted by atomic mass is 16.6. The minimum absolute atomic E-state index is 0.315. The Morgan fingerprint density at radius 3 is 2.18 bits per heavy atom. The number of para-hydroxylation sites is 2. The van der Waals surface area contributed by atoms with Crippen molar-refractivity contribution in [2.45, 2.75) is 5.60 Å². The molecule has 34 heavy (non-hydrogen) atoms. The normalized spacial score (nSPS) is 17.2. The van der Waals surface area contributed by atoms with Crippen LogP contribution >= 0.6 is 0 Å². The van der Waals surface area contributed by atoms with E-state index in [4.69, 9.17) is 4.74 Å². The van der Waals surface area contributed by atoms with Gasteiger partial charge in [0, 0.05) is 44.7 Å². The SMILES string of the molecule is O=C1OC(c2c[nH]c3ccccc23)(c2c(-c3ccccc3)[nH]c3ccccc23)c2ccccc21. The van der Waals surface area contributed by atoms with Gasteiger partial charge in [0.25, 0.3) is 0 Å². The van der Waals surface area contributed by atoms with E-state index in [1.165, 1.54) is 0 Å². The average Bonchev–Trinajstić information content (AvgIpc) is 3.58. The number of carbonyl (C=O) groups excluding carboxylic acids is 1. The lowest BCUT2D eigenvalue weighted by Gasteiger charge is -2.30. The molecule has 0 saturated heterocycles. The fourth-order valence-corrected chi connectivity index (χ4v) is 5.43. The van der Waals surface area contributed by atoms with E-state index in [-0.39, 0.29) is 5.97 Å². The third-order valence-corrected chi connectivity index (χ3v) is 6.86. The zero-order valence-corrected chi connectivity index (χ0v) is 18.2. The Labute approximate surface area is 195 Å². The Kier molecular flexibility index (Phi) is 3.88. The van der Waals surface area contributed by atoms with Crippen molar-refractivity contribution in [3.8, 4) is 11.3 Å². The number of aromatic nitrogens is 2. The molecular formula is C30H20N2O2. The van der Waals surface area contributed by atoms with Crippen LogP contribution in [0.4, 0.5) is 0 Å². The van der Waals surface area contributed by atoms with Crippen LogP contribution in [0.25, 0.3) is 33.1 Å². The molecule has 4 heteroatoms. The zero-order valence-electron chi connectivity index (χ0n) is 18.2. The lowest BCUT2D eigenvalue weighted by Crippen LogP contribution is -2.30. The number of hydrogen-bond donors (Lipinski definition) is 2. The van der Waals surface area contributed by atoms with Gasteiger partial charge in [-0.15, -0.1) is 0 Å². The van der Waals surface area contributed by atoms with Crippen LogP contribution in [0.15, 0.2) is 109 Å². The van der Waals surface area contributed by atoms with E-state index in [0.717, 1.165) is 49.8 Å². The largest absolute Gasteiger partial charge is 0.440 e. The van der Waals surface area contributed by atoms with Crippen LogP contribution in [0.5, 0.6) is 0 Å². The summed E-state index contributed by atoms with van der Waals surface area (Å²) < 4.78 is 6.51. The predicted molar refractivity (Wildman–Crippen MR) is 134 cm³/mol. The standard InChI is InChI=1S/C30H20N2O2/c33-29-21-13-4-7-15-23(21)30(34-29,24-18-31-25-16-8-5-12-20(24)25)27-22-14-6-9-17-26(22)32-28(27)19-10-2-1-3-11-19/h1-18,31-32H. The molecule has 1 atom stereocenters. The molecule has 1 aliphatic rings. The Hall–Kier alpha value is -4.57. The maximum Gasteiger partial charge on any atom is 0.340 e. The molecule has 0 spiro atoms. The first-order valence-corrected chi connectivity index (χ1v) is 11.3. The highest BCUT2D eigenvalue weighted by molar-refractivity contribution is 6.02. The van der Waals surface area contributed by atoms with Gasteiger partial charge in [-0.2, -0.15) is 0 Å². The topological polar surface area (TPSA) is 57.9 Å². The number of carbonyl (C=O) groups is 1. The van der Waals surface area contributed by atoms with Crippen molar-refractivity contribution in [3.63, 3.8) is 0 Å². The summed E-state index contributed by atoms with van der Waals surface area (Å²) in [5.74, 6) is -0.315. The number of aromatic amines is 2. The van der Waals surface area contributed by atoms with E-state index in [1.54, 1.807) is 0 Å². The summed E-state index contributed by atoms with van der Waals surface area (Å²) in [4.78, 5) is 20.4. The summed E-state index contributed by atoms with van der Waals surface area (Å²) in [5, 5.41) is 2.05. The van der Waals surface area contributed by atoms with Gasteiger partial charge >= 0.3 is 5.97 Å². The van der Waals surface area contributed by atoms with E-state index >= 15 is 0 Å². The summed E-state index contributed by atoms with van der Waals surface area (Å²) in [6.45, 7) is 0. The number of H-pyrrole nitrogens is 2. The molecule has 1 aliphatic heterocycles. The lowest BCUT2D eigenvalue weighted by molar-refractivity contribution is 0.0262. The van der Waals surface area contributed by atoms with Crippen LogP contribution in [0.2, 0.25) is 0 Å². The van der Waals surface area contributed by atoms with E-state index in [2.05, 4.69) is 40.3 Å². The van der Waals surface area contributed by atoms with Crippen molar-refractivity contribution in [3.05, 3.63) is 132 Å². The monoisotopic (exact) mass is 440 g/mol. The maximum absolute atomic E-state index is 13.3. The van der Waals surface area contributed by atoms with E-state index in [0.29, 0.717) is 5.56 Å². The Balaban J connectivity index is 1.68. The minimum atomic E-state index is -1.11. The van der Waals surface area contributed by atoms with Gasteiger partial charge in [-0.1, -0.05) is 84.9 Å². The third kappa shape index (κ3) is 2.45. The van der Waals surface area contributed by atoms with Crippen LogP contribution in [-0.2, 0) is 10.3 Å².